The Hall–Kier alpha value is -3.03. The van der Waals surface area contributed by atoms with Crippen molar-refractivity contribution in [1.29, 1.82) is 5.26 Å². The van der Waals surface area contributed by atoms with Crippen LogP contribution in [0.2, 0.25) is 20.2 Å². The second kappa shape index (κ2) is 16.0. The first-order chi connectivity index (χ1) is 18.2. The molecule has 0 fully saturated rings. The number of amides is 1. The fourth-order valence-electron chi connectivity index (χ4n) is 3.08. The average molecular weight is 599 g/mol. The van der Waals surface area contributed by atoms with Crippen LogP contribution in [-0.4, -0.2) is 62.9 Å². The third-order valence-corrected chi connectivity index (χ3v) is 6.04. The maximum atomic E-state index is 12.3. The molecule has 0 aliphatic carbocycles. The van der Waals surface area contributed by atoms with E-state index >= 15 is 0 Å². The highest BCUT2D eigenvalue weighted by Crippen LogP contribution is 2.35. The third kappa shape index (κ3) is 10.0. The molecule has 202 valence electrons. The minimum absolute atomic E-state index is 0.152. The number of aliphatic imine (C=N–C) groups is 1. The molecule has 0 bridgehead atoms. The fraction of sp³-hybridized carbons (Fsp3) is 0.320. The highest BCUT2D eigenvalue weighted by Gasteiger charge is 2.15. The standard InChI is InChI=1S/C15H16Cl3N3O2.C10H11ClN4/c1-2-4-20(15(22)21-5-3-19-10-21)6-7-23-14-12(17)8-11(16)9-13(14)18;1-8(14-7-12)15(2)6-9-3-4-10(11)13-5-9/h3,5,8-10H,2,4,6-7H2,1H3;3-5H,6H2,1-2H3. The number of nitriles is 1. The Balaban J connectivity index is 0.000000293. The van der Waals surface area contributed by atoms with Gasteiger partial charge in [0.05, 0.1) is 16.6 Å². The van der Waals surface area contributed by atoms with Gasteiger partial charge in [0.2, 0.25) is 6.19 Å². The number of nitrogens with zero attached hydrogens (tertiary/aromatic N) is 7. The molecule has 2 aromatic heterocycles. The summed E-state index contributed by atoms with van der Waals surface area (Å²) in [4.78, 5) is 27.4. The lowest BCUT2D eigenvalue weighted by Gasteiger charge is -2.22. The van der Waals surface area contributed by atoms with Gasteiger partial charge in [-0.1, -0.05) is 59.4 Å². The van der Waals surface area contributed by atoms with Crippen molar-refractivity contribution in [3.05, 3.63) is 75.0 Å². The molecule has 3 rings (SSSR count). The average Bonchev–Trinajstić information content (AvgIpc) is 3.41. The van der Waals surface area contributed by atoms with Gasteiger partial charge in [-0.15, -0.1) is 0 Å². The number of amidine groups is 1. The number of hydrogen-bond donors (Lipinski definition) is 0. The van der Waals surface area contributed by atoms with Crippen LogP contribution < -0.4 is 4.74 Å². The van der Waals surface area contributed by atoms with E-state index in [9.17, 15) is 4.79 Å². The molecule has 2 heterocycles. The molecule has 13 heteroatoms. The first-order valence-electron chi connectivity index (χ1n) is 11.5. The van der Waals surface area contributed by atoms with Gasteiger partial charge in [0.15, 0.2) is 5.75 Å². The molecule has 0 unspecified atom stereocenters. The van der Waals surface area contributed by atoms with Crippen LogP contribution in [0.25, 0.3) is 0 Å². The van der Waals surface area contributed by atoms with Crippen LogP contribution in [0.1, 0.15) is 25.8 Å². The van der Waals surface area contributed by atoms with Crippen molar-refractivity contribution in [3.8, 4) is 11.9 Å². The topological polar surface area (TPSA) is 99.6 Å². The van der Waals surface area contributed by atoms with E-state index in [1.165, 1.54) is 10.9 Å². The number of imidazole rings is 1. The molecule has 1 amide bonds. The maximum Gasteiger partial charge on any atom is 0.329 e. The molecule has 1 aromatic carbocycles. The summed E-state index contributed by atoms with van der Waals surface area (Å²) in [5, 5.41) is 9.99. The molecule has 0 saturated carbocycles. The zero-order chi connectivity index (χ0) is 28.1. The highest BCUT2D eigenvalue weighted by atomic mass is 35.5. The third-order valence-electron chi connectivity index (χ3n) is 5.03. The molecule has 0 radical (unpaired) electrons. The predicted molar refractivity (Wildman–Crippen MR) is 151 cm³/mol. The Labute approximate surface area is 242 Å². The van der Waals surface area contributed by atoms with E-state index in [0.717, 1.165) is 12.0 Å². The van der Waals surface area contributed by atoms with Gasteiger partial charge >= 0.3 is 6.03 Å². The Morgan fingerprint density at radius 3 is 2.45 bits per heavy atom. The Morgan fingerprint density at radius 1 is 1.18 bits per heavy atom. The molecule has 0 aliphatic heterocycles. The first kappa shape index (κ1) is 31.2. The van der Waals surface area contributed by atoms with Crippen molar-refractivity contribution in [2.75, 3.05) is 26.7 Å². The van der Waals surface area contributed by atoms with E-state index in [1.54, 1.807) is 54.8 Å². The smallest absolute Gasteiger partial charge is 0.329 e. The summed E-state index contributed by atoms with van der Waals surface area (Å²) in [6.45, 7) is 5.72. The number of pyridine rings is 1. The van der Waals surface area contributed by atoms with Gasteiger partial charge in [-0.05, 0) is 37.1 Å². The van der Waals surface area contributed by atoms with Gasteiger partial charge in [-0.2, -0.15) is 10.3 Å². The number of rotatable bonds is 8. The molecular formula is C25H27Cl4N7O2. The number of ether oxygens (including phenoxy) is 1. The van der Waals surface area contributed by atoms with Crippen LogP contribution in [0.5, 0.6) is 5.75 Å². The molecule has 0 atom stereocenters. The first-order valence-corrected chi connectivity index (χ1v) is 13.0. The summed E-state index contributed by atoms with van der Waals surface area (Å²) in [5.41, 5.74) is 1.02. The highest BCUT2D eigenvalue weighted by molar-refractivity contribution is 6.40. The van der Waals surface area contributed by atoms with E-state index in [0.29, 0.717) is 51.4 Å². The summed E-state index contributed by atoms with van der Waals surface area (Å²) < 4.78 is 7.05. The molecule has 0 saturated heterocycles. The Bertz CT molecular complexity index is 1220. The summed E-state index contributed by atoms with van der Waals surface area (Å²) in [6, 6.07) is 6.60. The van der Waals surface area contributed by atoms with Crippen molar-refractivity contribution < 1.29 is 9.53 Å². The number of hydrogen-bond acceptors (Lipinski definition) is 6. The van der Waals surface area contributed by atoms with Crippen molar-refractivity contribution >= 4 is 58.3 Å². The van der Waals surface area contributed by atoms with E-state index in [2.05, 4.69) is 15.0 Å². The van der Waals surface area contributed by atoms with Gasteiger partial charge in [0.1, 0.15) is 23.9 Å². The van der Waals surface area contributed by atoms with Crippen LogP contribution in [0.15, 0.2) is 54.2 Å². The van der Waals surface area contributed by atoms with Crippen molar-refractivity contribution in [2.45, 2.75) is 26.8 Å². The number of benzene rings is 1. The van der Waals surface area contributed by atoms with Crippen LogP contribution in [0, 0.1) is 11.5 Å². The maximum absolute atomic E-state index is 12.3. The summed E-state index contributed by atoms with van der Waals surface area (Å²) in [7, 11) is 1.87. The van der Waals surface area contributed by atoms with Crippen LogP contribution in [0.4, 0.5) is 4.79 Å². The van der Waals surface area contributed by atoms with Crippen molar-refractivity contribution in [3.63, 3.8) is 0 Å². The molecule has 0 spiro atoms. The van der Waals surface area contributed by atoms with E-state index in [4.69, 9.17) is 56.4 Å². The molecular weight excluding hydrogens is 572 g/mol. The monoisotopic (exact) mass is 597 g/mol. The Kier molecular flexibility index (Phi) is 13.2. The van der Waals surface area contributed by atoms with Gasteiger partial charge in [-0.3, -0.25) is 4.57 Å². The van der Waals surface area contributed by atoms with Crippen LogP contribution in [-0.2, 0) is 6.54 Å². The fourth-order valence-corrected chi connectivity index (χ4v) is 4.12. The van der Waals surface area contributed by atoms with E-state index in [-0.39, 0.29) is 12.6 Å². The van der Waals surface area contributed by atoms with Gasteiger partial charge < -0.3 is 14.5 Å². The summed E-state index contributed by atoms with van der Waals surface area (Å²) >= 11 is 23.7. The SMILES string of the molecule is CC(=NC#N)N(C)Cc1ccc(Cl)nc1.CCCN(CCOc1c(Cl)cc(Cl)cc1Cl)C(=O)n1ccnc1. The normalized spacial score (nSPS) is 10.7. The number of aromatic nitrogens is 3. The van der Waals surface area contributed by atoms with Gasteiger partial charge in [0, 0.05) is 43.8 Å². The quantitative estimate of drug-likeness (QED) is 0.124. The number of carbonyl (C=O) groups is 1. The lowest BCUT2D eigenvalue weighted by molar-refractivity contribution is 0.184. The second-order valence-corrected chi connectivity index (χ2v) is 9.53. The van der Waals surface area contributed by atoms with Crippen LogP contribution >= 0.6 is 46.4 Å². The summed E-state index contributed by atoms with van der Waals surface area (Å²) in [6.07, 6.45) is 8.94. The van der Waals surface area contributed by atoms with Crippen LogP contribution in [0.3, 0.4) is 0 Å². The lowest BCUT2D eigenvalue weighted by Crippen LogP contribution is -2.37. The minimum Gasteiger partial charge on any atom is -0.489 e. The second-order valence-electron chi connectivity index (χ2n) is 7.89. The van der Waals surface area contributed by atoms with E-state index < -0.39 is 0 Å². The summed E-state index contributed by atoms with van der Waals surface area (Å²) in [5.74, 6) is 1.04. The molecule has 0 N–H and O–H groups in total. The van der Waals surface area contributed by atoms with Gasteiger partial charge in [-0.25, -0.2) is 14.8 Å². The molecule has 0 aliphatic rings. The molecule has 3 aromatic rings. The predicted octanol–water partition coefficient (Wildman–Crippen LogP) is 6.67. The van der Waals surface area contributed by atoms with Gasteiger partial charge in [0.25, 0.3) is 0 Å². The van der Waals surface area contributed by atoms with E-state index in [1.807, 2.05) is 24.9 Å². The zero-order valence-electron chi connectivity index (χ0n) is 21.1. The largest absolute Gasteiger partial charge is 0.489 e. The minimum atomic E-state index is -0.152. The number of halogens is 4. The molecule has 38 heavy (non-hydrogen) atoms. The zero-order valence-corrected chi connectivity index (χ0v) is 24.1. The van der Waals surface area contributed by atoms with Crippen molar-refractivity contribution in [1.82, 2.24) is 24.3 Å². The number of carbonyl (C=O) groups excluding carboxylic acids is 1. The lowest BCUT2D eigenvalue weighted by atomic mass is 10.3. The molecule has 9 nitrogen and oxygen atoms in total. The van der Waals surface area contributed by atoms with Crippen molar-refractivity contribution in [2.24, 2.45) is 4.99 Å². The Morgan fingerprint density at radius 2 is 1.89 bits per heavy atom.